The molecule has 1 unspecified atom stereocenters. The zero-order valence-electron chi connectivity index (χ0n) is 10.8. The zero-order chi connectivity index (χ0) is 13.0. The molecule has 1 saturated heterocycles. The van der Waals surface area contributed by atoms with Crippen molar-refractivity contribution in [2.45, 2.75) is 26.2 Å². The van der Waals surface area contributed by atoms with Crippen molar-refractivity contribution in [3.63, 3.8) is 0 Å². The van der Waals surface area contributed by atoms with E-state index < -0.39 is 0 Å². The van der Waals surface area contributed by atoms with E-state index >= 15 is 0 Å². The van der Waals surface area contributed by atoms with Gasteiger partial charge in [0, 0.05) is 11.8 Å². The second-order valence-electron chi connectivity index (χ2n) is 5.12. The third kappa shape index (κ3) is 3.16. The molecule has 0 radical (unpaired) electrons. The van der Waals surface area contributed by atoms with Gasteiger partial charge in [-0.2, -0.15) is 0 Å². The Hall–Kier alpha value is -1.22. The number of nitrogens with one attached hydrogen (secondary N) is 1. The quantitative estimate of drug-likeness (QED) is 0.888. The third-order valence-electron chi connectivity index (χ3n) is 3.71. The predicted molar refractivity (Wildman–Crippen MR) is 69.9 cm³/mol. The summed E-state index contributed by atoms with van der Waals surface area (Å²) in [5, 5.41) is 3.26. The first-order valence-corrected chi connectivity index (χ1v) is 6.66. The molecule has 1 aliphatic heterocycles. The Bertz CT molecular complexity index is 413. The highest BCUT2D eigenvalue weighted by molar-refractivity contribution is 5.83. The first-order chi connectivity index (χ1) is 8.68. The van der Waals surface area contributed by atoms with Crippen molar-refractivity contribution in [2.24, 2.45) is 11.8 Å². The van der Waals surface area contributed by atoms with E-state index in [0.717, 1.165) is 25.9 Å². The summed E-state index contributed by atoms with van der Waals surface area (Å²) in [4.78, 5) is 12.3. The van der Waals surface area contributed by atoms with Gasteiger partial charge in [-0.3, -0.25) is 4.79 Å². The average Bonchev–Trinajstić information content (AvgIpc) is 2.41. The molecule has 0 bridgehead atoms. The summed E-state index contributed by atoms with van der Waals surface area (Å²) in [6, 6.07) is 6.72. The molecule has 1 fully saturated rings. The largest absolute Gasteiger partial charge is 0.317 e. The lowest BCUT2D eigenvalue weighted by atomic mass is 9.84. The second kappa shape index (κ2) is 6.10. The van der Waals surface area contributed by atoms with Gasteiger partial charge in [0.05, 0.1) is 0 Å². The fraction of sp³-hybridized carbons (Fsp3) is 0.533. The Morgan fingerprint density at radius 2 is 2.06 bits per heavy atom. The number of carbonyl (C=O) groups excluding carboxylic acids is 1. The highest BCUT2D eigenvalue weighted by Crippen LogP contribution is 2.21. The van der Waals surface area contributed by atoms with Gasteiger partial charge in [-0.1, -0.05) is 25.1 Å². The van der Waals surface area contributed by atoms with E-state index in [1.54, 1.807) is 12.1 Å². The molecule has 1 aliphatic rings. The molecule has 3 heteroatoms. The normalized spacial score (nSPS) is 18.6. The molecule has 1 N–H and O–H groups in total. The van der Waals surface area contributed by atoms with Crippen LogP contribution >= 0.6 is 0 Å². The van der Waals surface area contributed by atoms with Gasteiger partial charge in [-0.05, 0) is 44.0 Å². The number of hydrogen-bond acceptors (Lipinski definition) is 2. The number of halogens is 1. The van der Waals surface area contributed by atoms with Gasteiger partial charge in [-0.15, -0.1) is 0 Å². The fourth-order valence-corrected chi connectivity index (χ4v) is 2.60. The average molecular weight is 249 g/mol. The van der Waals surface area contributed by atoms with Gasteiger partial charge in [-0.25, -0.2) is 4.39 Å². The highest BCUT2D eigenvalue weighted by atomic mass is 19.1. The van der Waals surface area contributed by atoms with Crippen molar-refractivity contribution < 1.29 is 9.18 Å². The smallest absolute Gasteiger partial charge is 0.139 e. The molecule has 1 aromatic carbocycles. The van der Waals surface area contributed by atoms with Crippen molar-refractivity contribution in [2.75, 3.05) is 13.1 Å². The summed E-state index contributed by atoms with van der Waals surface area (Å²) in [6.45, 7) is 3.75. The molecule has 0 amide bonds. The van der Waals surface area contributed by atoms with Gasteiger partial charge in [0.2, 0.25) is 0 Å². The maximum atomic E-state index is 13.5. The van der Waals surface area contributed by atoms with Crippen LogP contribution in [0.2, 0.25) is 0 Å². The third-order valence-corrected chi connectivity index (χ3v) is 3.71. The number of hydrogen-bond donors (Lipinski definition) is 1. The SMILES string of the molecule is CC(Cc1ccccc1F)C(=O)C1CCNCC1. The van der Waals surface area contributed by atoms with Crippen molar-refractivity contribution in [1.82, 2.24) is 5.32 Å². The molecule has 2 nitrogen and oxygen atoms in total. The standard InChI is InChI=1S/C15H20FNO/c1-11(10-13-4-2-3-5-14(13)16)15(18)12-6-8-17-9-7-12/h2-5,11-12,17H,6-10H2,1H3. The number of rotatable bonds is 4. The monoisotopic (exact) mass is 249 g/mol. The summed E-state index contributed by atoms with van der Waals surface area (Å²) >= 11 is 0. The van der Waals surface area contributed by atoms with Crippen molar-refractivity contribution in [3.8, 4) is 0 Å². The summed E-state index contributed by atoms with van der Waals surface area (Å²) < 4.78 is 13.5. The molecule has 0 aliphatic carbocycles. The van der Waals surface area contributed by atoms with Crippen LogP contribution < -0.4 is 5.32 Å². The first-order valence-electron chi connectivity index (χ1n) is 6.66. The van der Waals surface area contributed by atoms with Crippen LogP contribution in [0.3, 0.4) is 0 Å². The van der Waals surface area contributed by atoms with Crippen molar-refractivity contribution >= 4 is 5.78 Å². The molecule has 1 atom stereocenters. The van der Waals surface area contributed by atoms with Gasteiger partial charge in [0.1, 0.15) is 11.6 Å². The molecule has 2 rings (SSSR count). The minimum Gasteiger partial charge on any atom is -0.317 e. The summed E-state index contributed by atoms with van der Waals surface area (Å²) in [5.41, 5.74) is 0.646. The Morgan fingerprint density at radius 3 is 2.72 bits per heavy atom. The molecule has 1 aromatic rings. The molecular weight excluding hydrogens is 229 g/mol. The summed E-state index contributed by atoms with van der Waals surface area (Å²) in [6.07, 6.45) is 2.34. The second-order valence-corrected chi connectivity index (χ2v) is 5.12. The van der Waals surface area contributed by atoms with Gasteiger partial charge in [0.25, 0.3) is 0 Å². The first kappa shape index (κ1) is 13.2. The van der Waals surface area contributed by atoms with Crippen LogP contribution in [0, 0.1) is 17.7 Å². The van der Waals surface area contributed by atoms with Crippen LogP contribution in [0.1, 0.15) is 25.3 Å². The van der Waals surface area contributed by atoms with Crippen molar-refractivity contribution in [1.29, 1.82) is 0 Å². The number of ketones is 1. The van der Waals surface area contributed by atoms with Crippen LogP contribution in [-0.4, -0.2) is 18.9 Å². The molecular formula is C15H20FNO. The van der Waals surface area contributed by atoms with E-state index in [1.807, 2.05) is 13.0 Å². The lowest BCUT2D eigenvalue weighted by Gasteiger charge is -2.24. The summed E-state index contributed by atoms with van der Waals surface area (Å²) in [7, 11) is 0. The van der Waals surface area contributed by atoms with E-state index in [9.17, 15) is 9.18 Å². The van der Waals surface area contributed by atoms with E-state index in [2.05, 4.69) is 5.32 Å². The number of piperidine rings is 1. The fourth-order valence-electron chi connectivity index (χ4n) is 2.60. The minimum absolute atomic E-state index is 0.0926. The maximum absolute atomic E-state index is 13.5. The molecule has 18 heavy (non-hydrogen) atoms. The van der Waals surface area contributed by atoms with Crippen LogP contribution in [0.25, 0.3) is 0 Å². The highest BCUT2D eigenvalue weighted by Gasteiger charge is 2.25. The Kier molecular flexibility index (Phi) is 4.48. The minimum atomic E-state index is -0.206. The Balaban J connectivity index is 1.96. The number of carbonyl (C=O) groups is 1. The van der Waals surface area contributed by atoms with Crippen LogP contribution in [0.5, 0.6) is 0 Å². The van der Waals surface area contributed by atoms with E-state index in [1.165, 1.54) is 6.07 Å². The molecule has 98 valence electrons. The Morgan fingerprint density at radius 1 is 1.39 bits per heavy atom. The Labute approximate surface area is 108 Å². The van der Waals surface area contributed by atoms with Gasteiger partial charge in [0.15, 0.2) is 0 Å². The number of benzene rings is 1. The molecule has 0 aromatic heterocycles. The van der Waals surface area contributed by atoms with E-state index in [0.29, 0.717) is 17.8 Å². The maximum Gasteiger partial charge on any atom is 0.139 e. The number of Topliss-reactive ketones (excluding diaryl/α,β-unsaturated/α-hetero) is 1. The van der Waals surface area contributed by atoms with Crippen molar-refractivity contribution in [3.05, 3.63) is 35.6 Å². The molecule has 0 saturated carbocycles. The topological polar surface area (TPSA) is 29.1 Å². The van der Waals surface area contributed by atoms with E-state index in [4.69, 9.17) is 0 Å². The van der Waals surface area contributed by atoms with Crippen LogP contribution in [0.4, 0.5) is 4.39 Å². The van der Waals surface area contributed by atoms with Crippen LogP contribution in [-0.2, 0) is 11.2 Å². The van der Waals surface area contributed by atoms with Crippen LogP contribution in [0.15, 0.2) is 24.3 Å². The van der Waals surface area contributed by atoms with Gasteiger partial charge < -0.3 is 5.32 Å². The lowest BCUT2D eigenvalue weighted by molar-refractivity contribution is -0.127. The lowest BCUT2D eigenvalue weighted by Crippen LogP contribution is -2.34. The van der Waals surface area contributed by atoms with Gasteiger partial charge >= 0.3 is 0 Å². The zero-order valence-corrected chi connectivity index (χ0v) is 10.8. The molecule has 0 spiro atoms. The predicted octanol–water partition coefficient (Wildman–Crippen LogP) is 2.57. The molecule has 1 heterocycles. The van der Waals surface area contributed by atoms with E-state index in [-0.39, 0.29) is 17.7 Å². The summed E-state index contributed by atoms with van der Waals surface area (Å²) in [5.74, 6) is 0.153.